The van der Waals surface area contributed by atoms with E-state index in [-0.39, 0.29) is 5.97 Å². The molecule has 0 saturated heterocycles. The van der Waals surface area contributed by atoms with E-state index in [2.05, 4.69) is 26.1 Å². The third kappa shape index (κ3) is 3.75. The van der Waals surface area contributed by atoms with Gasteiger partial charge in [0.2, 0.25) is 0 Å². The summed E-state index contributed by atoms with van der Waals surface area (Å²) >= 11 is 1.63. The first-order valence-corrected chi connectivity index (χ1v) is 8.65. The maximum absolute atomic E-state index is 11.3. The molecule has 1 aromatic heterocycles. The van der Waals surface area contributed by atoms with Crippen LogP contribution in [0.5, 0.6) is 5.75 Å². The molecule has 0 fully saturated rings. The Bertz CT molecular complexity index is 710. The molecular weight excluding hydrogens is 312 g/mol. The monoisotopic (exact) mass is 336 g/mol. The number of carbonyl (C=O) groups excluding carboxylic acids is 1. The number of nitrogens with one attached hydrogen (secondary N) is 1. The largest absolute Gasteiger partial charge is 0.496 e. The topological polar surface area (TPSA) is 60.5 Å². The van der Waals surface area contributed by atoms with Gasteiger partial charge < -0.3 is 14.8 Å². The van der Waals surface area contributed by atoms with Crippen LogP contribution >= 0.6 is 11.3 Å². The predicted octanol–water partition coefficient (Wildman–Crippen LogP) is 3.99. The van der Waals surface area contributed by atoms with Crippen molar-refractivity contribution < 1.29 is 14.3 Å². The van der Waals surface area contributed by atoms with Crippen LogP contribution in [0.1, 0.15) is 36.5 Å². The quantitative estimate of drug-likeness (QED) is 0.612. The molecule has 0 atom stereocenters. The molecule has 0 amide bonds. The first-order valence-electron chi connectivity index (χ1n) is 7.83. The minimum absolute atomic E-state index is 0.148. The van der Waals surface area contributed by atoms with E-state index in [1.807, 2.05) is 6.92 Å². The molecule has 1 heterocycles. The first-order chi connectivity index (χ1) is 11.0. The van der Waals surface area contributed by atoms with Crippen molar-refractivity contribution in [3.8, 4) is 5.75 Å². The summed E-state index contributed by atoms with van der Waals surface area (Å²) in [4.78, 5) is 16.0. The van der Waals surface area contributed by atoms with E-state index in [0.717, 1.165) is 44.2 Å². The summed E-state index contributed by atoms with van der Waals surface area (Å²) in [5.41, 5.74) is 4.44. The average Bonchev–Trinajstić information content (AvgIpc) is 2.95. The van der Waals surface area contributed by atoms with Gasteiger partial charge in [-0.15, -0.1) is 0 Å². The van der Waals surface area contributed by atoms with Gasteiger partial charge in [0.15, 0.2) is 5.13 Å². The van der Waals surface area contributed by atoms with E-state index in [4.69, 9.17) is 14.5 Å². The second kappa shape index (κ2) is 7.64. The summed E-state index contributed by atoms with van der Waals surface area (Å²) in [6.45, 7) is 9.15. The number of hydrogen-bond acceptors (Lipinski definition) is 6. The van der Waals surface area contributed by atoms with E-state index in [0.29, 0.717) is 19.6 Å². The second-order valence-electron chi connectivity index (χ2n) is 5.44. The van der Waals surface area contributed by atoms with Crippen molar-refractivity contribution in [1.29, 1.82) is 0 Å². The van der Waals surface area contributed by atoms with Gasteiger partial charge in [0.1, 0.15) is 5.75 Å². The van der Waals surface area contributed by atoms with Gasteiger partial charge in [0.05, 0.1) is 23.9 Å². The fraction of sp³-hybridized carbons (Fsp3) is 0.529. The van der Waals surface area contributed by atoms with Crippen molar-refractivity contribution in [2.75, 3.05) is 25.6 Å². The normalized spacial score (nSPS) is 10.8. The lowest BCUT2D eigenvalue weighted by atomic mass is 10.0. The van der Waals surface area contributed by atoms with Crippen LogP contribution in [-0.2, 0) is 9.53 Å². The third-order valence-corrected chi connectivity index (χ3v) is 5.04. The molecule has 1 aromatic carbocycles. The maximum atomic E-state index is 11.3. The predicted molar refractivity (Wildman–Crippen MR) is 94.7 cm³/mol. The minimum atomic E-state index is -0.148. The molecule has 1 N–H and O–H groups in total. The second-order valence-corrected chi connectivity index (χ2v) is 6.44. The number of hydrogen-bond donors (Lipinski definition) is 1. The van der Waals surface area contributed by atoms with Crippen LogP contribution in [0.3, 0.4) is 0 Å². The van der Waals surface area contributed by atoms with Gasteiger partial charge in [0, 0.05) is 18.5 Å². The Morgan fingerprint density at radius 3 is 2.61 bits per heavy atom. The lowest BCUT2D eigenvalue weighted by Gasteiger charge is -2.11. The zero-order chi connectivity index (χ0) is 17.0. The van der Waals surface area contributed by atoms with E-state index in [1.165, 1.54) is 0 Å². The Morgan fingerprint density at radius 1 is 1.22 bits per heavy atom. The van der Waals surface area contributed by atoms with Gasteiger partial charge in [-0.25, -0.2) is 4.98 Å². The zero-order valence-electron chi connectivity index (χ0n) is 14.4. The SMILES string of the molecule is CCOC(=O)CCCNc1nc2c(C)c(C)c(OC)c(C)c2s1. The van der Waals surface area contributed by atoms with Crippen molar-refractivity contribution in [2.45, 2.75) is 40.5 Å². The molecule has 6 heteroatoms. The number of anilines is 1. The number of rotatable bonds is 7. The highest BCUT2D eigenvalue weighted by atomic mass is 32.1. The van der Waals surface area contributed by atoms with Gasteiger partial charge in [-0.3, -0.25) is 4.79 Å². The molecule has 0 radical (unpaired) electrons. The Kier molecular flexibility index (Phi) is 5.82. The number of carbonyl (C=O) groups is 1. The van der Waals surface area contributed by atoms with Crippen molar-refractivity contribution in [1.82, 2.24) is 4.98 Å². The van der Waals surface area contributed by atoms with Crippen molar-refractivity contribution in [2.24, 2.45) is 0 Å². The van der Waals surface area contributed by atoms with Crippen LogP contribution in [0.4, 0.5) is 5.13 Å². The summed E-state index contributed by atoms with van der Waals surface area (Å²) in [7, 11) is 1.70. The molecule has 0 unspecified atom stereocenters. The van der Waals surface area contributed by atoms with Crippen LogP contribution < -0.4 is 10.1 Å². The van der Waals surface area contributed by atoms with Crippen LogP contribution in [0.15, 0.2) is 0 Å². The van der Waals surface area contributed by atoms with Gasteiger partial charge in [0.25, 0.3) is 0 Å². The highest BCUT2D eigenvalue weighted by Crippen LogP contribution is 2.38. The number of benzene rings is 1. The number of nitrogens with zero attached hydrogens (tertiary/aromatic N) is 1. The van der Waals surface area contributed by atoms with Crippen molar-refractivity contribution in [3.05, 3.63) is 16.7 Å². The number of aryl methyl sites for hydroxylation is 2. The summed E-state index contributed by atoms with van der Waals surface area (Å²) in [6, 6.07) is 0. The number of esters is 1. The van der Waals surface area contributed by atoms with Crippen LogP contribution in [0, 0.1) is 20.8 Å². The number of thiazole rings is 1. The smallest absolute Gasteiger partial charge is 0.305 e. The molecule has 0 saturated carbocycles. The lowest BCUT2D eigenvalue weighted by molar-refractivity contribution is -0.143. The van der Waals surface area contributed by atoms with E-state index < -0.39 is 0 Å². The summed E-state index contributed by atoms with van der Waals surface area (Å²) in [5, 5.41) is 4.18. The third-order valence-electron chi connectivity index (χ3n) is 3.91. The molecule has 0 aliphatic heterocycles. The summed E-state index contributed by atoms with van der Waals surface area (Å²) < 4.78 is 11.6. The van der Waals surface area contributed by atoms with Crippen LogP contribution in [0.2, 0.25) is 0 Å². The number of ether oxygens (including phenoxy) is 2. The van der Waals surface area contributed by atoms with Crippen molar-refractivity contribution in [3.63, 3.8) is 0 Å². The van der Waals surface area contributed by atoms with Gasteiger partial charge in [-0.05, 0) is 45.2 Å². The fourth-order valence-corrected chi connectivity index (χ4v) is 3.65. The van der Waals surface area contributed by atoms with E-state index in [1.54, 1.807) is 18.4 Å². The number of aromatic nitrogens is 1. The van der Waals surface area contributed by atoms with Gasteiger partial charge in [-0.2, -0.15) is 0 Å². The van der Waals surface area contributed by atoms with E-state index in [9.17, 15) is 4.79 Å². The van der Waals surface area contributed by atoms with Gasteiger partial charge in [-0.1, -0.05) is 11.3 Å². The lowest BCUT2D eigenvalue weighted by Crippen LogP contribution is -2.08. The first kappa shape index (κ1) is 17.5. The molecule has 0 aliphatic carbocycles. The van der Waals surface area contributed by atoms with E-state index >= 15 is 0 Å². The Balaban J connectivity index is 2.10. The molecule has 5 nitrogen and oxygen atoms in total. The summed E-state index contributed by atoms with van der Waals surface area (Å²) in [5.74, 6) is 0.790. The van der Waals surface area contributed by atoms with Crippen LogP contribution in [-0.4, -0.2) is 31.2 Å². The molecule has 0 spiro atoms. The van der Waals surface area contributed by atoms with Crippen LogP contribution in [0.25, 0.3) is 10.2 Å². The zero-order valence-corrected chi connectivity index (χ0v) is 15.2. The molecular formula is C17H24N2O3S. The van der Waals surface area contributed by atoms with Gasteiger partial charge >= 0.3 is 5.97 Å². The highest BCUT2D eigenvalue weighted by molar-refractivity contribution is 7.22. The Hall–Kier alpha value is -1.82. The standard InChI is InChI=1S/C17H24N2O3S/c1-6-22-13(20)8-7-9-18-17-19-14-10(2)11(3)15(21-5)12(4)16(14)23-17/h6-9H2,1-5H3,(H,18,19). The molecule has 23 heavy (non-hydrogen) atoms. The molecule has 0 aliphatic rings. The minimum Gasteiger partial charge on any atom is -0.496 e. The summed E-state index contributed by atoms with van der Waals surface area (Å²) in [6.07, 6.45) is 1.16. The fourth-order valence-electron chi connectivity index (χ4n) is 2.60. The Morgan fingerprint density at radius 2 is 1.96 bits per heavy atom. The molecule has 126 valence electrons. The molecule has 2 aromatic rings. The Labute approximate surface area is 141 Å². The number of methoxy groups -OCH3 is 1. The maximum Gasteiger partial charge on any atom is 0.305 e. The number of fused-ring (bicyclic) bond motifs is 1. The molecule has 2 rings (SSSR count). The highest BCUT2D eigenvalue weighted by Gasteiger charge is 2.16. The average molecular weight is 336 g/mol. The van der Waals surface area contributed by atoms with Crippen molar-refractivity contribution >= 4 is 32.7 Å². The molecule has 0 bridgehead atoms.